The predicted octanol–water partition coefficient (Wildman–Crippen LogP) is 2.80. The molecule has 2 N–H and O–H groups in total. The van der Waals surface area contributed by atoms with Gasteiger partial charge in [-0.1, -0.05) is 6.08 Å². The van der Waals surface area contributed by atoms with Gasteiger partial charge >= 0.3 is 0 Å². The average Bonchev–Trinajstić information content (AvgIpc) is 3.52. The number of benzene rings is 1. The van der Waals surface area contributed by atoms with Crippen LogP contribution in [-0.2, 0) is 0 Å². The van der Waals surface area contributed by atoms with E-state index in [-0.39, 0.29) is 22.7 Å². The van der Waals surface area contributed by atoms with Crippen LogP contribution in [0.4, 0.5) is 16.2 Å². The topological polar surface area (TPSA) is 76.7 Å². The first kappa shape index (κ1) is 18.6. The second-order valence-corrected chi connectivity index (χ2v) is 7.32. The summed E-state index contributed by atoms with van der Waals surface area (Å²) in [6.45, 7) is 3.36. The van der Waals surface area contributed by atoms with Crippen molar-refractivity contribution < 1.29 is 13.9 Å². The zero-order valence-electron chi connectivity index (χ0n) is 16.3. The van der Waals surface area contributed by atoms with Gasteiger partial charge in [0, 0.05) is 32.2 Å². The Morgan fingerprint density at radius 2 is 1.93 bits per heavy atom. The monoisotopic (exact) mass is 387 g/mol. The summed E-state index contributed by atoms with van der Waals surface area (Å²) in [5.41, 5.74) is 6.48. The molecule has 2 aromatic rings. The highest BCUT2D eigenvalue weighted by Crippen LogP contribution is 2.38. The van der Waals surface area contributed by atoms with Crippen LogP contribution < -0.4 is 20.1 Å². The smallest absolute Gasteiger partial charge is 0.228 e. The Labute approximate surface area is 163 Å². The van der Waals surface area contributed by atoms with Crippen LogP contribution in [0.5, 0.6) is 11.5 Å². The van der Waals surface area contributed by atoms with Gasteiger partial charge in [0.1, 0.15) is 5.82 Å². The second kappa shape index (κ2) is 7.69. The molecule has 0 spiro atoms. The first-order valence-corrected chi connectivity index (χ1v) is 9.64. The van der Waals surface area contributed by atoms with Crippen molar-refractivity contribution in [2.75, 3.05) is 51.0 Å². The van der Waals surface area contributed by atoms with Gasteiger partial charge in [-0.15, -0.1) is 0 Å². The summed E-state index contributed by atoms with van der Waals surface area (Å²) in [4.78, 5) is 13.3. The van der Waals surface area contributed by atoms with Crippen molar-refractivity contribution in [1.29, 1.82) is 0 Å². The molecule has 1 saturated carbocycles. The SMILES string of the molecule is COc1cc2nc(N3CCN(/C=C/CC4CC4)CC3)nc(N)c2c(F)c1OC. The fourth-order valence-electron chi connectivity index (χ4n) is 3.53. The van der Waals surface area contributed by atoms with Gasteiger partial charge in [-0.3, -0.25) is 0 Å². The van der Waals surface area contributed by atoms with Crippen LogP contribution in [0.15, 0.2) is 18.3 Å². The molecule has 1 aromatic carbocycles. The summed E-state index contributed by atoms with van der Waals surface area (Å²) in [5.74, 6) is 1.20. The fourth-order valence-corrected chi connectivity index (χ4v) is 3.53. The molecular formula is C20H26FN5O2. The molecule has 28 heavy (non-hydrogen) atoms. The zero-order chi connectivity index (χ0) is 19.7. The van der Waals surface area contributed by atoms with Gasteiger partial charge in [-0.05, 0) is 31.4 Å². The van der Waals surface area contributed by atoms with E-state index in [1.165, 1.54) is 33.5 Å². The number of methoxy groups -OCH3 is 2. The quantitative estimate of drug-likeness (QED) is 0.817. The third-order valence-corrected chi connectivity index (χ3v) is 5.37. The number of aromatic nitrogens is 2. The maximum atomic E-state index is 14.8. The lowest BCUT2D eigenvalue weighted by atomic mass is 10.2. The Balaban J connectivity index is 1.53. The average molecular weight is 387 g/mol. The first-order valence-electron chi connectivity index (χ1n) is 9.64. The number of fused-ring (bicyclic) bond motifs is 1. The van der Waals surface area contributed by atoms with Crippen LogP contribution in [0.25, 0.3) is 10.9 Å². The van der Waals surface area contributed by atoms with Crippen LogP contribution in [0.1, 0.15) is 19.3 Å². The molecule has 1 aliphatic heterocycles. The maximum Gasteiger partial charge on any atom is 0.228 e. The summed E-state index contributed by atoms with van der Waals surface area (Å²) >= 11 is 0. The number of nitrogens with two attached hydrogens (primary N) is 1. The molecule has 150 valence electrons. The molecule has 8 heteroatoms. The number of ether oxygens (including phenoxy) is 2. The third-order valence-electron chi connectivity index (χ3n) is 5.37. The maximum absolute atomic E-state index is 14.8. The fraction of sp³-hybridized carbons (Fsp3) is 0.500. The Kier molecular flexibility index (Phi) is 5.11. The summed E-state index contributed by atoms with van der Waals surface area (Å²) in [5, 5.41) is 0.156. The highest BCUT2D eigenvalue weighted by Gasteiger charge is 2.23. The first-order chi connectivity index (χ1) is 13.6. The number of halogens is 1. The van der Waals surface area contributed by atoms with Gasteiger partial charge in [0.2, 0.25) is 5.95 Å². The lowest BCUT2D eigenvalue weighted by Crippen LogP contribution is -2.44. The van der Waals surface area contributed by atoms with E-state index in [9.17, 15) is 4.39 Å². The van der Waals surface area contributed by atoms with E-state index in [1.54, 1.807) is 6.07 Å². The van der Waals surface area contributed by atoms with E-state index in [4.69, 9.17) is 15.2 Å². The number of allylic oxidation sites excluding steroid dienone is 1. The van der Waals surface area contributed by atoms with E-state index in [0.717, 1.165) is 32.1 Å². The number of hydrogen-bond donors (Lipinski definition) is 1. The van der Waals surface area contributed by atoms with Crippen LogP contribution in [-0.4, -0.2) is 55.3 Å². The molecule has 0 bridgehead atoms. The van der Waals surface area contributed by atoms with E-state index >= 15 is 0 Å². The van der Waals surface area contributed by atoms with E-state index in [0.29, 0.717) is 11.5 Å². The van der Waals surface area contributed by atoms with Crippen molar-refractivity contribution in [3.63, 3.8) is 0 Å². The molecule has 1 aliphatic carbocycles. The van der Waals surface area contributed by atoms with Gasteiger partial charge in [-0.2, -0.15) is 4.98 Å². The van der Waals surface area contributed by atoms with Crippen molar-refractivity contribution in [2.45, 2.75) is 19.3 Å². The molecule has 1 aromatic heterocycles. The Hall–Kier alpha value is -2.77. The van der Waals surface area contributed by atoms with Crippen molar-refractivity contribution >= 4 is 22.7 Å². The molecule has 1 saturated heterocycles. The summed E-state index contributed by atoms with van der Waals surface area (Å²) in [6, 6.07) is 1.63. The molecule has 2 heterocycles. The highest BCUT2D eigenvalue weighted by atomic mass is 19.1. The molecule has 0 radical (unpaired) electrons. The third kappa shape index (κ3) is 3.63. The van der Waals surface area contributed by atoms with Crippen molar-refractivity contribution in [2.24, 2.45) is 5.92 Å². The lowest BCUT2D eigenvalue weighted by molar-refractivity contribution is 0.339. The minimum absolute atomic E-state index is 0.00430. The molecule has 0 atom stereocenters. The Bertz CT molecular complexity index is 892. The number of rotatable bonds is 6. The predicted molar refractivity (Wildman–Crippen MR) is 107 cm³/mol. The molecule has 4 rings (SSSR count). The molecular weight excluding hydrogens is 361 g/mol. The lowest BCUT2D eigenvalue weighted by Gasteiger charge is -2.34. The second-order valence-electron chi connectivity index (χ2n) is 7.32. The van der Waals surface area contributed by atoms with Crippen molar-refractivity contribution in [3.05, 3.63) is 24.2 Å². The Morgan fingerprint density at radius 3 is 2.57 bits per heavy atom. The van der Waals surface area contributed by atoms with Crippen molar-refractivity contribution in [3.8, 4) is 11.5 Å². The van der Waals surface area contributed by atoms with Crippen LogP contribution in [0.2, 0.25) is 0 Å². The van der Waals surface area contributed by atoms with Crippen molar-refractivity contribution in [1.82, 2.24) is 14.9 Å². The van der Waals surface area contributed by atoms with Gasteiger partial charge in [0.05, 0.1) is 25.1 Å². The number of nitrogens with zero attached hydrogens (tertiary/aromatic N) is 4. The number of anilines is 2. The van der Waals surface area contributed by atoms with E-state index < -0.39 is 5.82 Å². The molecule has 7 nitrogen and oxygen atoms in total. The summed E-state index contributed by atoms with van der Waals surface area (Å²) < 4.78 is 25.1. The normalized spacial score (nSPS) is 17.5. The minimum atomic E-state index is -0.605. The van der Waals surface area contributed by atoms with Crippen LogP contribution in [0.3, 0.4) is 0 Å². The number of piperazine rings is 1. The van der Waals surface area contributed by atoms with Gasteiger partial charge in [-0.25, -0.2) is 9.37 Å². The molecule has 2 fully saturated rings. The Morgan fingerprint density at radius 1 is 1.18 bits per heavy atom. The van der Waals surface area contributed by atoms with Gasteiger partial charge in [0.15, 0.2) is 17.3 Å². The summed E-state index contributed by atoms with van der Waals surface area (Å²) in [7, 11) is 2.85. The molecule has 2 aliphatic rings. The number of nitrogen functional groups attached to an aromatic ring is 1. The van der Waals surface area contributed by atoms with E-state index in [1.807, 2.05) is 0 Å². The number of hydrogen-bond acceptors (Lipinski definition) is 7. The molecule has 0 amide bonds. The van der Waals surface area contributed by atoms with Gasteiger partial charge < -0.3 is 25.0 Å². The van der Waals surface area contributed by atoms with Crippen LogP contribution >= 0.6 is 0 Å². The largest absolute Gasteiger partial charge is 0.493 e. The molecule has 0 unspecified atom stereocenters. The minimum Gasteiger partial charge on any atom is -0.493 e. The van der Waals surface area contributed by atoms with Gasteiger partial charge in [0.25, 0.3) is 0 Å². The van der Waals surface area contributed by atoms with E-state index in [2.05, 4.69) is 32.0 Å². The summed E-state index contributed by atoms with van der Waals surface area (Å²) in [6.07, 6.45) is 8.41. The standard InChI is InChI=1S/C20H26FN5O2/c1-27-15-12-14-16(17(21)18(15)28-2)19(22)24-20(23-14)26-10-8-25(9-11-26)7-3-4-13-5-6-13/h3,7,12-13H,4-6,8-11H2,1-2H3,(H2,22,23,24)/b7-3+. The highest BCUT2D eigenvalue weighted by molar-refractivity contribution is 5.92. The van der Waals surface area contributed by atoms with Crippen LogP contribution in [0, 0.1) is 11.7 Å². The zero-order valence-corrected chi connectivity index (χ0v) is 16.3.